The van der Waals surface area contributed by atoms with Gasteiger partial charge in [0, 0.05) is 44.1 Å². The Labute approximate surface area is 333 Å². The molecule has 2 N–H and O–H groups in total. The topological polar surface area (TPSA) is 155 Å². The average Bonchev–Trinajstić information content (AvgIpc) is 3.18. The van der Waals surface area contributed by atoms with Crippen molar-refractivity contribution in [1.29, 1.82) is 0 Å². The van der Waals surface area contributed by atoms with Crippen molar-refractivity contribution in [3.63, 3.8) is 0 Å². The fourth-order valence-corrected chi connectivity index (χ4v) is 10.8. The molecule has 7 rings (SSSR count). The number of hydrogen-bond acceptors (Lipinski definition) is 11. The van der Waals surface area contributed by atoms with Gasteiger partial charge >= 0.3 is 17.9 Å². The highest BCUT2D eigenvalue weighted by molar-refractivity contribution is 5.92. The first-order chi connectivity index (χ1) is 27.0. The lowest BCUT2D eigenvalue weighted by atomic mass is 9.43. The van der Waals surface area contributed by atoms with Crippen LogP contribution in [0.4, 0.5) is 0 Å². The van der Waals surface area contributed by atoms with Gasteiger partial charge in [-0.2, -0.15) is 0 Å². The highest BCUT2D eigenvalue weighted by Gasteiger charge is 2.78. The molecule has 0 unspecified atom stereocenters. The summed E-state index contributed by atoms with van der Waals surface area (Å²) in [5.74, 6) is -5.44. The molecule has 57 heavy (non-hydrogen) atoms. The van der Waals surface area contributed by atoms with Crippen molar-refractivity contribution in [2.45, 2.75) is 102 Å². The predicted molar refractivity (Wildman–Crippen MR) is 208 cm³/mol. The fourth-order valence-electron chi connectivity index (χ4n) is 10.8. The average molecular weight is 781 g/mol. The molecule has 1 saturated heterocycles. The van der Waals surface area contributed by atoms with E-state index < -0.39 is 88.2 Å². The Morgan fingerprint density at radius 3 is 1.95 bits per heavy atom. The van der Waals surface area contributed by atoms with Gasteiger partial charge in [0.05, 0.1) is 29.6 Å². The third-order valence-electron chi connectivity index (χ3n) is 13.6. The van der Waals surface area contributed by atoms with Crippen molar-refractivity contribution in [2.24, 2.45) is 22.7 Å². The molecule has 11 nitrogen and oxygen atoms in total. The Balaban J connectivity index is 1.39. The number of aliphatic hydroxyl groups excluding tert-OH is 1. The van der Waals surface area contributed by atoms with Gasteiger partial charge in [-0.3, -0.25) is 9.59 Å². The van der Waals surface area contributed by atoms with E-state index in [9.17, 15) is 24.6 Å². The van der Waals surface area contributed by atoms with Crippen LogP contribution < -0.4 is 0 Å². The SMILES string of the molecule is CO[C@H]1C[C@H]2OC[C@@]2(OC(C)=O)[C@H]2[C@H](OC(=O)c3ccccc3)[C@]3(O)C[C@H](OC(=O)[C@H](O)C(c4ccccc4)c4ccccc4)C(C)=C([C@@H](C)C(=O)[C@]12C)C3(C)C. The number of ketones is 1. The number of hydrogen-bond donors (Lipinski definition) is 2. The first-order valence-electron chi connectivity index (χ1n) is 19.6. The fraction of sp³-hybridized carbons (Fsp3) is 0.478. The summed E-state index contributed by atoms with van der Waals surface area (Å²) in [6.07, 6.45) is -5.96. The van der Waals surface area contributed by atoms with Gasteiger partial charge in [-0.15, -0.1) is 0 Å². The molecule has 3 aliphatic carbocycles. The molecule has 302 valence electrons. The predicted octanol–water partition coefficient (Wildman–Crippen LogP) is 5.76. The van der Waals surface area contributed by atoms with Crippen LogP contribution in [0.3, 0.4) is 0 Å². The van der Waals surface area contributed by atoms with Crippen LogP contribution in [0.25, 0.3) is 0 Å². The lowest BCUT2D eigenvalue weighted by molar-refractivity contribution is -0.346. The summed E-state index contributed by atoms with van der Waals surface area (Å²) in [6.45, 7) is 10.0. The molecule has 10 atom stereocenters. The highest BCUT2D eigenvalue weighted by atomic mass is 16.6. The van der Waals surface area contributed by atoms with Crippen LogP contribution in [-0.2, 0) is 38.1 Å². The maximum Gasteiger partial charge on any atom is 0.338 e. The Morgan fingerprint density at radius 2 is 1.44 bits per heavy atom. The molecular weight excluding hydrogens is 728 g/mol. The number of carbonyl (C=O) groups is 4. The largest absolute Gasteiger partial charge is 0.456 e. The zero-order chi connectivity index (χ0) is 41.1. The van der Waals surface area contributed by atoms with Crippen LogP contribution >= 0.6 is 0 Å². The van der Waals surface area contributed by atoms with Crippen LogP contribution in [0.15, 0.2) is 102 Å². The minimum atomic E-state index is -2.07. The van der Waals surface area contributed by atoms with Gasteiger partial charge in [0.1, 0.15) is 29.7 Å². The van der Waals surface area contributed by atoms with E-state index in [1.807, 2.05) is 60.7 Å². The first-order valence-corrected chi connectivity index (χ1v) is 19.6. The quantitative estimate of drug-likeness (QED) is 0.155. The summed E-state index contributed by atoms with van der Waals surface area (Å²) in [5, 5.41) is 25.5. The molecule has 3 aromatic rings. The molecule has 3 fully saturated rings. The van der Waals surface area contributed by atoms with Crippen molar-refractivity contribution in [3.05, 3.63) is 119 Å². The van der Waals surface area contributed by atoms with E-state index >= 15 is 4.79 Å². The van der Waals surface area contributed by atoms with Crippen molar-refractivity contribution in [1.82, 2.24) is 0 Å². The van der Waals surface area contributed by atoms with E-state index in [0.717, 1.165) is 0 Å². The van der Waals surface area contributed by atoms with Crippen molar-refractivity contribution in [3.8, 4) is 0 Å². The number of carbonyl (C=O) groups excluding carboxylic acids is 4. The Kier molecular flexibility index (Phi) is 10.6. The van der Waals surface area contributed by atoms with E-state index in [1.165, 1.54) is 14.0 Å². The summed E-state index contributed by atoms with van der Waals surface area (Å²) in [7, 11) is 1.50. The molecule has 11 heteroatoms. The molecule has 0 aromatic heterocycles. The van der Waals surface area contributed by atoms with Crippen LogP contribution in [0.2, 0.25) is 0 Å². The minimum Gasteiger partial charge on any atom is -0.456 e. The van der Waals surface area contributed by atoms with Crippen molar-refractivity contribution < 1.29 is 53.1 Å². The molecule has 4 aliphatic rings. The molecular formula is C46H52O11. The van der Waals surface area contributed by atoms with Gasteiger partial charge in [-0.1, -0.05) is 99.6 Å². The van der Waals surface area contributed by atoms with Gasteiger partial charge in [0.2, 0.25) is 0 Å². The monoisotopic (exact) mass is 780 g/mol. The van der Waals surface area contributed by atoms with Crippen LogP contribution in [0.1, 0.15) is 81.8 Å². The number of methoxy groups -OCH3 is 1. The number of fused-ring (bicyclic) bond motifs is 5. The second-order valence-corrected chi connectivity index (χ2v) is 16.9. The van der Waals surface area contributed by atoms with Gasteiger partial charge in [0.25, 0.3) is 0 Å². The molecule has 3 aromatic carbocycles. The second-order valence-electron chi connectivity index (χ2n) is 16.9. The van der Waals surface area contributed by atoms with E-state index in [1.54, 1.807) is 65.0 Å². The smallest absolute Gasteiger partial charge is 0.338 e. The number of Topliss-reactive ketones (excluding diaryl/α,β-unsaturated/α-hetero) is 1. The molecule has 2 saturated carbocycles. The molecule has 0 amide bonds. The Hall–Kier alpha value is -4.68. The zero-order valence-corrected chi connectivity index (χ0v) is 33.5. The first kappa shape index (κ1) is 40.5. The Bertz CT molecular complexity index is 2010. The summed E-state index contributed by atoms with van der Waals surface area (Å²) in [4.78, 5) is 57.0. The van der Waals surface area contributed by atoms with Gasteiger partial charge in [0.15, 0.2) is 11.7 Å². The Morgan fingerprint density at radius 1 is 0.877 bits per heavy atom. The minimum absolute atomic E-state index is 0.113. The van der Waals surface area contributed by atoms with Gasteiger partial charge in [-0.05, 0) is 48.3 Å². The summed E-state index contributed by atoms with van der Waals surface area (Å²) in [5.41, 5.74) is -3.68. The maximum absolute atomic E-state index is 15.4. The summed E-state index contributed by atoms with van der Waals surface area (Å²) in [6, 6.07) is 26.6. The molecule has 0 radical (unpaired) electrons. The van der Waals surface area contributed by atoms with Crippen LogP contribution in [-0.4, -0.2) is 89.3 Å². The lowest BCUT2D eigenvalue weighted by Crippen LogP contribution is -2.81. The second kappa shape index (κ2) is 14.9. The van der Waals surface area contributed by atoms with Gasteiger partial charge in [-0.25, -0.2) is 9.59 Å². The number of rotatable bonds is 9. The molecule has 1 aliphatic heterocycles. The normalized spacial score (nSPS) is 33.4. The van der Waals surface area contributed by atoms with E-state index in [0.29, 0.717) is 22.3 Å². The van der Waals surface area contributed by atoms with Crippen molar-refractivity contribution in [2.75, 3.05) is 13.7 Å². The third-order valence-corrected chi connectivity index (χ3v) is 13.6. The van der Waals surface area contributed by atoms with Crippen molar-refractivity contribution >= 4 is 23.7 Å². The number of benzene rings is 3. The number of aliphatic hydroxyl groups is 2. The standard InChI is InChI=1S/C46H52O11/c1-26-32(55-42(51)37(48)35(29-17-11-8-12-18-29)30-19-13-9-14-20-30)24-46(52)40(56-41(50)31-21-15-10-16-22-31)38-44(6,39(49)27(2)36(26)43(46,4)5)33(53-7)23-34-45(38,25-54-34)57-28(3)47/h8-22,27,32-35,37-38,40,48,52H,23-25H2,1-7H3/t27-,32+,33+,34-,37-,38+,40+,44-,45+,46-/m1/s1. The summed E-state index contributed by atoms with van der Waals surface area (Å²) < 4.78 is 31.1. The van der Waals surface area contributed by atoms with Crippen LogP contribution in [0.5, 0.6) is 0 Å². The maximum atomic E-state index is 15.4. The highest BCUT2D eigenvalue weighted by Crippen LogP contribution is 2.65. The molecule has 0 spiro atoms. The summed E-state index contributed by atoms with van der Waals surface area (Å²) >= 11 is 0. The third kappa shape index (κ3) is 6.34. The van der Waals surface area contributed by atoms with E-state index in [-0.39, 0.29) is 30.8 Å². The number of ether oxygens (including phenoxy) is 5. The van der Waals surface area contributed by atoms with Gasteiger partial charge < -0.3 is 33.9 Å². The lowest BCUT2D eigenvalue weighted by Gasteiger charge is -2.68. The van der Waals surface area contributed by atoms with E-state index in [4.69, 9.17) is 23.7 Å². The molecule has 1 heterocycles. The van der Waals surface area contributed by atoms with Crippen LogP contribution in [0, 0.1) is 22.7 Å². The zero-order valence-electron chi connectivity index (χ0n) is 33.5. The van der Waals surface area contributed by atoms with E-state index in [2.05, 4.69) is 0 Å². The molecule has 2 bridgehead atoms. The number of esters is 3.